The SMILES string of the molecule is C=C(C)c1ccc(C2=CCC(C)(CC)/C(=C\CC)C2(C)C)cc1.CC.CC. The monoisotopic (exact) mass is 368 g/mol. The quantitative estimate of drug-likeness (QED) is 0.464. The summed E-state index contributed by atoms with van der Waals surface area (Å²) < 4.78 is 0. The molecule has 1 aliphatic rings. The van der Waals surface area contributed by atoms with Gasteiger partial charge in [-0.3, -0.25) is 0 Å². The second-order valence-corrected chi connectivity index (χ2v) is 7.74. The zero-order chi connectivity index (χ0) is 21.3. The van der Waals surface area contributed by atoms with Crippen molar-refractivity contribution in [3.8, 4) is 0 Å². The number of hydrogen-bond donors (Lipinski definition) is 0. The van der Waals surface area contributed by atoms with Crippen molar-refractivity contribution >= 4 is 11.1 Å². The van der Waals surface area contributed by atoms with E-state index in [1.165, 1.54) is 23.1 Å². The molecule has 27 heavy (non-hydrogen) atoms. The van der Waals surface area contributed by atoms with Crippen molar-refractivity contribution < 1.29 is 0 Å². The Labute approximate surface area is 170 Å². The molecule has 1 unspecified atom stereocenters. The summed E-state index contributed by atoms with van der Waals surface area (Å²) in [5.41, 5.74) is 7.15. The van der Waals surface area contributed by atoms with E-state index >= 15 is 0 Å². The highest BCUT2D eigenvalue weighted by atomic mass is 14.5. The number of benzene rings is 1. The van der Waals surface area contributed by atoms with Gasteiger partial charge in [-0.1, -0.05) is 116 Å². The first-order chi connectivity index (χ1) is 12.8. The third-order valence-electron chi connectivity index (χ3n) is 5.63. The molecule has 0 spiro atoms. The lowest BCUT2D eigenvalue weighted by Gasteiger charge is -2.46. The van der Waals surface area contributed by atoms with Crippen LogP contribution in [0.4, 0.5) is 0 Å². The van der Waals surface area contributed by atoms with Crippen LogP contribution in [0.1, 0.15) is 99.6 Å². The van der Waals surface area contributed by atoms with Gasteiger partial charge < -0.3 is 0 Å². The maximum atomic E-state index is 4.04. The van der Waals surface area contributed by atoms with Gasteiger partial charge in [0.15, 0.2) is 0 Å². The van der Waals surface area contributed by atoms with E-state index in [4.69, 9.17) is 0 Å². The van der Waals surface area contributed by atoms with Crippen molar-refractivity contribution in [2.75, 3.05) is 0 Å². The second kappa shape index (κ2) is 11.3. The first-order valence-electron chi connectivity index (χ1n) is 10.9. The summed E-state index contributed by atoms with van der Waals surface area (Å²) in [5, 5.41) is 0. The molecule has 0 bridgehead atoms. The highest BCUT2D eigenvalue weighted by Gasteiger charge is 2.41. The summed E-state index contributed by atoms with van der Waals surface area (Å²) in [4.78, 5) is 0. The highest BCUT2D eigenvalue weighted by Crippen LogP contribution is 2.55. The van der Waals surface area contributed by atoms with Gasteiger partial charge in [-0.15, -0.1) is 0 Å². The molecule has 152 valence electrons. The molecule has 1 aliphatic carbocycles. The molecular formula is C27H44. The maximum absolute atomic E-state index is 4.04. The van der Waals surface area contributed by atoms with Crippen molar-refractivity contribution in [2.45, 2.75) is 88.5 Å². The number of hydrogen-bond acceptors (Lipinski definition) is 0. The predicted molar refractivity (Wildman–Crippen MR) is 127 cm³/mol. The average Bonchev–Trinajstić information content (AvgIpc) is 2.68. The standard InChI is InChI=1S/C23H32.2C2H6/c1-8-10-21-22(5,6)20(15-16-23(21,7)9-2)19-13-11-18(12-14-19)17(3)4;2*1-2/h10-15H,3,8-9,16H2,1-2,4-7H3;2*1-2H3/b21-10-;;. The molecule has 1 atom stereocenters. The fourth-order valence-electron chi connectivity index (χ4n) is 4.05. The van der Waals surface area contributed by atoms with Crippen molar-refractivity contribution in [2.24, 2.45) is 10.8 Å². The minimum Gasteiger partial charge on any atom is -0.0955 e. The molecule has 0 heteroatoms. The van der Waals surface area contributed by atoms with E-state index in [1.807, 2.05) is 27.7 Å². The van der Waals surface area contributed by atoms with E-state index < -0.39 is 0 Å². The summed E-state index contributed by atoms with van der Waals surface area (Å²) in [6.45, 7) is 25.9. The van der Waals surface area contributed by atoms with Crippen molar-refractivity contribution in [3.63, 3.8) is 0 Å². The van der Waals surface area contributed by atoms with Crippen LogP contribution in [-0.2, 0) is 0 Å². The van der Waals surface area contributed by atoms with E-state index in [9.17, 15) is 0 Å². The largest absolute Gasteiger partial charge is 0.0955 e. The molecule has 2 rings (SSSR count). The minimum atomic E-state index is 0.0871. The van der Waals surface area contributed by atoms with Gasteiger partial charge >= 0.3 is 0 Å². The predicted octanol–water partition coefficient (Wildman–Crippen LogP) is 9.34. The molecule has 0 nitrogen and oxygen atoms in total. The molecule has 0 aromatic heterocycles. The molecule has 0 amide bonds. The van der Waals surface area contributed by atoms with Crippen LogP contribution in [0.25, 0.3) is 11.1 Å². The zero-order valence-corrected chi connectivity index (χ0v) is 19.8. The lowest BCUT2D eigenvalue weighted by Crippen LogP contribution is -2.33. The minimum absolute atomic E-state index is 0.0871. The zero-order valence-electron chi connectivity index (χ0n) is 19.8. The topological polar surface area (TPSA) is 0 Å². The van der Waals surface area contributed by atoms with E-state index in [0.29, 0.717) is 5.41 Å². The molecule has 0 radical (unpaired) electrons. The van der Waals surface area contributed by atoms with E-state index in [1.54, 1.807) is 5.57 Å². The van der Waals surface area contributed by atoms with E-state index in [-0.39, 0.29) is 5.41 Å². The molecule has 0 fully saturated rings. The molecule has 0 N–H and O–H groups in total. The van der Waals surface area contributed by atoms with Gasteiger partial charge in [0.1, 0.15) is 0 Å². The number of allylic oxidation sites excluding steroid dienone is 5. The Morgan fingerprint density at radius 1 is 1.00 bits per heavy atom. The molecular weight excluding hydrogens is 324 g/mol. The van der Waals surface area contributed by atoms with E-state index in [2.05, 4.69) is 84.5 Å². The Balaban J connectivity index is 0.00000158. The van der Waals surface area contributed by atoms with Crippen molar-refractivity contribution in [1.29, 1.82) is 0 Å². The smallest absolute Gasteiger partial charge is 0.0113 e. The van der Waals surface area contributed by atoms with Gasteiger partial charge in [-0.2, -0.15) is 0 Å². The van der Waals surface area contributed by atoms with Crippen LogP contribution >= 0.6 is 0 Å². The number of rotatable bonds is 4. The van der Waals surface area contributed by atoms with Gasteiger partial charge in [-0.25, -0.2) is 0 Å². The van der Waals surface area contributed by atoms with Gasteiger partial charge in [0.05, 0.1) is 0 Å². The summed E-state index contributed by atoms with van der Waals surface area (Å²) >= 11 is 0. The Bertz CT molecular complexity index is 637. The average molecular weight is 369 g/mol. The third-order valence-corrected chi connectivity index (χ3v) is 5.63. The van der Waals surface area contributed by atoms with Crippen LogP contribution in [0.15, 0.2) is 48.6 Å². The second-order valence-electron chi connectivity index (χ2n) is 7.74. The van der Waals surface area contributed by atoms with Gasteiger partial charge in [0.25, 0.3) is 0 Å². The van der Waals surface area contributed by atoms with Crippen LogP contribution in [-0.4, -0.2) is 0 Å². The third kappa shape index (κ3) is 5.71. The van der Waals surface area contributed by atoms with Crippen LogP contribution in [0.5, 0.6) is 0 Å². The molecule has 0 saturated carbocycles. The van der Waals surface area contributed by atoms with Crippen LogP contribution in [0.3, 0.4) is 0 Å². The van der Waals surface area contributed by atoms with Gasteiger partial charge in [0, 0.05) is 5.41 Å². The Morgan fingerprint density at radius 2 is 1.52 bits per heavy atom. The van der Waals surface area contributed by atoms with Crippen LogP contribution < -0.4 is 0 Å². The first kappa shape index (κ1) is 25.4. The summed E-state index contributed by atoms with van der Waals surface area (Å²) in [6, 6.07) is 8.92. The van der Waals surface area contributed by atoms with Crippen molar-refractivity contribution in [3.05, 3.63) is 59.7 Å². The van der Waals surface area contributed by atoms with Crippen LogP contribution in [0, 0.1) is 10.8 Å². The Morgan fingerprint density at radius 3 is 1.93 bits per heavy atom. The van der Waals surface area contributed by atoms with E-state index in [0.717, 1.165) is 18.4 Å². The Kier molecular flexibility index (Phi) is 10.7. The summed E-state index contributed by atoms with van der Waals surface area (Å²) in [5.74, 6) is 0. The Hall–Kier alpha value is -1.56. The fraction of sp³-hybridized carbons (Fsp3) is 0.556. The maximum Gasteiger partial charge on any atom is 0.0113 e. The molecule has 0 aliphatic heterocycles. The molecule has 0 heterocycles. The molecule has 0 saturated heterocycles. The normalized spacial score (nSPS) is 22.0. The molecule has 1 aromatic carbocycles. The fourth-order valence-corrected chi connectivity index (χ4v) is 4.05. The highest BCUT2D eigenvalue weighted by molar-refractivity contribution is 5.76. The van der Waals surface area contributed by atoms with Gasteiger partial charge in [-0.05, 0) is 48.3 Å². The van der Waals surface area contributed by atoms with Crippen molar-refractivity contribution in [1.82, 2.24) is 0 Å². The van der Waals surface area contributed by atoms with Gasteiger partial charge in [0.2, 0.25) is 0 Å². The first-order valence-corrected chi connectivity index (χ1v) is 10.9. The summed E-state index contributed by atoms with van der Waals surface area (Å²) in [7, 11) is 0. The lowest BCUT2D eigenvalue weighted by molar-refractivity contribution is 0.310. The van der Waals surface area contributed by atoms with Crippen LogP contribution in [0.2, 0.25) is 0 Å². The lowest BCUT2D eigenvalue weighted by atomic mass is 9.58. The summed E-state index contributed by atoms with van der Waals surface area (Å²) in [6.07, 6.45) is 8.39. The molecule has 1 aromatic rings.